The zero-order chi connectivity index (χ0) is 17.6. The van der Waals surface area contributed by atoms with Gasteiger partial charge in [0.25, 0.3) is 5.91 Å². The number of carbonyl (C=O) groups is 2. The minimum absolute atomic E-state index is 0.0129. The fourth-order valence-corrected chi connectivity index (χ4v) is 4.36. The number of benzene rings is 1. The molecule has 4 rings (SSSR count). The Balaban J connectivity index is 1.45. The first kappa shape index (κ1) is 16.1. The van der Waals surface area contributed by atoms with Crippen LogP contribution in [0.3, 0.4) is 0 Å². The molecule has 2 fully saturated rings. The quantitative estimate of drug-likeness (QED) is 0.908. The number of halogens is 1. The third-order valence-corrected chi connectivity index (χ3v) is 5.71. The summed E-state index contributed by atoms with van der Waals surface area (Å²) in [5, 5.41) is 13.6. The topological polar surface area (TPSA) is 79.2 Å². The number of carboxylic acids is 1. The van der Waals surface area contributed by atoms with Crippen molar-refractivity contribution in [3.8, 4) is 0 Å². The van der Waals surface area contributed by atoms with Crippen LogP contribution in [0.4, 0.5) is 4.39 Å². The number of fused-ring (bicyclic) bond motifs is 1. The van der Waals surface area contributed by atoms with E-state index in [4.69, 9.17) is 4.84 Å². The van der Waals surface area contributed by atoms with E-state index in [-0.39, 0.29) is 30.6 Å². The number of aliphatic carboxylic acids is 1. The Hall–Kier alpha value is -2.44. The normalized spacial score (nSPS) is 30.8. The number of hydrogen-bond acceptors (Lipinski definition) is 4. The van der Waals surface area contributed by atoms with E-state index in [2.05, 4.69) is 5.16 Å². The van der Waals surface area contributed by atoms with Crippen LogP contribution in [0.2, 0.25) is 0 Å². The van der Waals surface area contributed by atoms with Gasteiger partial charge in [0.15, 0.2) is 0 Å². The summed E-state index contributed by atoms with van der Waals surface area (Å²) in [5.74, 6) is -1.40. The minimum atomic E-state index is -0.811. The van der Waals surface area contributed by atoms with Gasteiger partial charge in [0.05, 0.1) is 11.1 Å². The number of nitrogens with zero attached hydrogens (tertiary/aromatic N) is 2. The third-order valence-electron chi connectivity index (χ3n) is 5.71. The molecular formula is C18H19FN2O4. The maximum atomic E-state index is 13.3. The second-order valence-corrected chi connectivity index (χ2v) is 7.12. The van der Waals surface area contributed by atoms with Gasteiger partial charge in [-0.15, -0.1) is 0 Å². The van der Waals surface area contributed by atoms with Crippen molar-refractivity contribution in [3.05, 3.63) is 35.6 Å². The number of oxime groups is 1. The summed E-state index contributed by atoms with van der Waals surface area (Å²) < 4.78 is 13.3. The molecule has 1 aromatic rings. The van der Waals surface area contributed by atoms with Crippen molar-refractivity contribution in [2.75, 3.05) is 13.1 Å². The second kappa shape index (κ2) is 5.82. The summed E-state index contributed by atoms with van der Waals surface area (Å²) in [6.45, 7) is 0.696. The van der Waals surface area contributed by atoms with Crippen molar-refractivity contribution in [3.63, 3.8) is 0 Å². The van der Waals surface area contributed by atoms with Crippen molar-refractivity contribution in [2.24, 2.45) is 16.5 Å². The number of likely N-dealkylation sites (tertiary alicyclic amines) is 1. The highest BCUT2D eigenvalue weighted by atomic mass is 19.1. The molecule has 0 bridgehead atoms. The van der Waals surface area contributed by atoms with Gasteiger partial charge in [0, 0.05) is 25.1 Å². The molecule has 1 N–H and O–H groups in total. The predicted molar refractivity (Wildman–Crippen MR) is 86.4 cm³/mol. The van der Waals surface area contributed by atoms with E-state index >= 15 is 0 Å². The third kappa shape index (κ3) is 2.58. The molecule has 132 valence electrons. The van der Waals surface area contributed by atoms with Gasteiger partial charge in [-0.1, -0.05) is 23.7 Å². The van der Waals surface area contributed by atoms with Crippen LogP contribution < -0.4 is 0 Å². The number of hydrogen-bond donors (Lipinski definition) is 1. The SMILES string of the molecule is O=C(C1CC(c2cccc(F)c2)=NO1)N1C[C@@H]2CCC[C@@]2(C(=O)O)C1. The van der Waals surface area contributed by atoms with Gasteiger partial charge in [-0.25, -0.2) is 4.39 Å². The van der Waals surface area contributed by atoms with Crippen molar-refractivity contribution in [1.82, 2.24) is 4.90 Å². The Bertz CT molecular complexity index is 765. The van der Waals surface area contributed by atoms with Crippen molar-refractivity contribution >= 4 is 17.6 Å². The average Bonchev–Trinajstić information content (AvgIpc) is 3.28. The summed E-state index contributed by atoms with van der Waals surface area (Å²) in [6, 6.07) is 6.00. The lowest BCUT2D eigenvalue weighted by Gasteiger charge is -2.24. The zero-order valence-electron chi connectivity index (χ0n) is 13.7. The maximum absolute atomic E-state index is 13.3. The van der Waals surface area contributed by atoms with E-state index in [0.29, 0.717) is 24.2 Å². The molecule has 1 aliphatic carbocycles. The fraction of sp³-hybridized carbons (Fsp3) is 0.500. The molecule has 1 saturated carbocycles. The molecule has 3 atom stereocenters. The Morgan fingerprint density at radius 1 is 1.40 bits per heavy atom. The maximum Gasteiger partial charge on any atom is 0.311 e. The van der Waals surface area contributed by atoms with Gasteiger partial charge in [0.2, 0.25) is 6.10 Å². The first-order chi connectivity index (χ1) is 12.0. The summed E-state index contributed by atoms with van der Waals surface area (Å²) in [4.78, 5) is 31.4. The molecule has 0 spiro atoms. The zero-order valence-corrected chi connectivity index (χ0v) is 13.7. The average molecular weight is 346 g/mol. The van der Waals surface area contributed by atoms with E-state index in [1.807, 2.05) is 0 Å². The van der Waals surface area contributed by atoms with Crippen LogP contribution >= 0.6 is 0 Å². The highest BCUT2D eigenvalue weighted by molar-refractivity contribution is 6.04. The van der Waals surface area contributed by atoms with Gasteiger partial charge in [-0.05, 0) is 30.9 Å². The van der Waals surface area contributed by atoms with Crippen molar-refractivity contribution in [2.45, 2.75) is 31.8 Å². The Labute approximate surface area is 144 Å². The summed E-state index contributed by atoms with van der Waals surface area (Å²) in [7, 11) is 0. The molecule has 0 aromatic heterocycles. The number of carboxylic acid groups (broad SMARTS) is 1. The molecule has 1 aromatic carbocycles. The van der Waals surface area contributed by atoms with Gasteiger partial charge in [-0.2, -0.15) is 0 Å². The molecule has 6 nitrogen and oxygen atoms in total. The molecule has 1 saturated heterocycles. The van der Waals surface area contributed by atoms with Crippen LogP contribution in [0.15, 0.2) is 29.4 Å². The second-order valence-electron chi connectivity index (χ2n) is 7.12. The van der Waals surface area contributed by atoms with Gasteiger partial charge in [0.1, 0.15) is 5.82 Å². The molecule has 2 heterocycles. The van der Waals surface area contributed by atoms with Crippen LogP contribution in [0.25, 0.3) is 0 Å². The molecule has 7 heteroatoms. The van der Waals surface area contributed by atoms with E-state index < -0.39 is 17.5 Å². The van der Waals surface area contributed by atoms with E-state index in [0.717, 1.165) is 12.8 Å². The fourth-order valence-electron chi connectivity index (χ4n) is 4.36. The molecule has 25 heavy (non-hydrogen) atoms. The highest BCUT2D eigenvalue weighted by Crippen LogP contribution is 2.49. The molecule has 1 amide bonds. The highest BCUT2D eigenvalue weighted by Gasteiger charge is 2.56. The van der Waals surface area contributed by atoms with E-state index in [1.54, 1.807) is 17.0 Å². The van der Waals surface area contributed by atoms with Crippen LogP contribution in [0.1, 0.15) is 31.2 Å². The standard InChI is InChI=1S/C18H19FN2O4/c19-13-5-1-3-11(7-13)14-8-15(25-20-14)16(22)21-9-12-4-2-6-18(12,10-21)17(23)24/h1,3,5,7,12,15H,2,4,6,8-10H2,(H,23,24)/t12-,15?,18+/m0/s1. The lowest BCUT2D eigenvalue weighted by atomic mass is 9.81. The Morgan fingerprint density at radius 2 is 2.24 bits per heavy atom. The van der Waals surface area contributed by atoms with Gasteiger partial charge >= 0.3 is 5.97 Å². The molecule has 0 radical (unpaired) electrons. The molecule has 3 aliphatic rings. The Morgan fingerprint density at radius 3 is 2.96 bits per heavy atom. The number of amides is 1. The predicted octanol–water partition coefficient (Wildman–Crippen LogP) is 2.03. The van der Waals surface area contributed by atoms with Crippen LogP contribution in [0.5, 0.6) is 0 Å². The van der Waals surface area contributed by atoms with Gasteiger partial charge in [-0.3, -0.25) is 9.59 Å². The monoisotopic (exact) mass is 346 g/mol. The first-order valence-electron chi connectivity index (χ1n) is 8.50. The van der Waals surface area contributed by atoms with Crippen LogP contribution in [-0.4, -0.2) is 46.8 Å². The van der Waals surface area contributed by atoms with Gasteiger partial charge < -0.3 is 14.8 Å². The van der Waals surface area contributed by atoms with Crippen molar-refractivity contribution in [1.29, 1.82) is 0 Å². The minimum Gasteiger partial charge on any atom is -0.481 e. The first-order valence-corrected chi connectivity index (χ1v) is 8.50. The van der Waals surface area contributed by atoms with E-state index in [1.165, 1.54) is 12.1 Å². The number of rotatable bonds is 3. The summed E-state index contributed by atoms with van der Waals surface area (Å²) >= 11 is 0. The lowest BCUT2D eigenvalue weighted by Crippen LogP contribution is -2.41. The smallest absolute Gasteiger partial charge is 0.311 e. The summed E-state index contributed by atoms with van der Waals surface area (Å²) in [5.41, 5.74) is 0.321. The Kier molecular flexibility index (Phi) is 3.74. The van der Waals surface area contributed by atoms with Crippen LogP contribution in [-0.2, 0) is 14.4 Å². The number of carbonyl (C=O) groups excluding carboxylic acids is 1. The molecular weight excluding hydrogens is 327 g/mol. The molecule has 2 aliphatic heterocycles. The van der Waals surface area contributed by atoms with E-state index in [9.17, 15) is 19.1 Å². The largest absolute Gasteiger partial charge is 0.481 e. The van der Waals surface area contributed by atoms with Crippen LogP contribution in [0, 0.1) is 17.2 Å². The summed E-state index contributed by atoms with van der Waals surface area (Å²) in [6.07, 6.45) is 1.86. The molecule has 1 unspecified atom stereocenters. The van der Waals surface area contributed by atoms with Crippen molar-refractivity contribution < 1.29 is 23.9 Å². The lowest BCUT2D eigenvalue weighted by molar-refractivity contribution is -0.150.